The van der Waals surface area contributed by atoms with Gasteiger partial charge in [0.1, 0.15) is 0 Å². The zero-order chi connectivity index (χ0) is 12.3. The average molecular weight is 248 g/mol. The van der Waals surface area contributed by atoms with Crippen molar-refractivity contribution >= 4 is 17.3 Å². The van der Waals surface area contributed by atoms with Crippen LogP contribution in [0, 0.1) is 0 Å². The van der Waals surface area contributed by atoms with Crippen molar-refractivity contribution in [1.29, 1.82) is 0 Å². The van der Waals surface area contributed by atoms with Crippen LogP contribution in [0.3, 0.4) is 0 Å². The number of benzene rings is 1. The quantitative estimate of drug-likeness (QED) is 0.846. The molecule has 17 heavy (non-hydrogen) atoms. The van der Waals surface area contributed by atoms with Gasteiger partial charge in [-0.15, -0.1) is 0 Å². The van der Waals surface area contributed by atoms with E-state index in [9.17, 15) is 0 Å². The van der Waals surface area contributed by atoms with Crippen LogP contribution in [0.25, 0.3) is 11.1 Å². The summed E-state index contributed by atoms with van der Waals surface area (Å²) in [6.45, 7) is 2.67. The predicted molar refractivity (Wildman–Crippen MR) is 71.7 cm³/mol. The summed E-state index contributed by atoms with van der Waals surface area (Å²) >= 11 is 5.63. The van der Waals surface area contributed by atoms with Crippen molar-refractivity contribution < 1.29 is 0 Å². The SMILES string of the molecule is C/C(=C/Cl)Cn1cc(-c2cccc(N)c2)cn1. The van der Waals surface area contributed by atoms with E-state index >= 15 is 0 Å². The van der Waals surface area contributed by atoms with Crippen molar-refractivity contribution in [2.75, 3.05) is 5.73 Å². The number of nitrogens with two attached hydrogens (primary N) is 1. The van der Waals surface area contributed by atoms with Gasteiger partial charge in [0, 0.05) is 23.0 Å². The summed E-state index contributed by atoms with van der Waals surface area (Å²) in [6.07, 6.45) is 3.81. The van der Waals surface area contributed by atoms with E-state index in [0.717, 1.165) is 22.4 Å². The molecule has 0 saturated carbocycles. The number of allylic oxidation sites excluding steroid dienone is 1. The lowest BCUT2D eigenvalue weighted by Gasteiger charge is -2.00. The number of anilines is 1. The van der Waals surface area contributed by atoms with Crippen LogP contribution in [0.4, 0.5) is 5.69 Å². The highest BCUT2D eigenvalue weighted by molar-refractivity contribution is 6.25. The maximum Gasteiger partial charge on any atom is 0.0628 e. The molecule has 1 aromatic carbocycles. The summed E-state index contributed by atoms with van der Waals surface area (Å²) in [7, 11) is 0. The summed E-state index contributed by atoms with van der Waals surface area (Å²) in [5.74, 6) is 0. The van der Waals surface area contributed by atoms with E-state index in [1.807, 2.05) is 48.3 Å². The largest absolute Gasteiger partial charge is 0.399 e. The summed E-state index contributed by atoms with van der Waals surface area (Å²) in [4.78, 5) is 0. The van der Waals surface area contributed by atoms with Crippen molar-refractivity contribution in [2.24, 2.45) is 0 Å². The molecule has 0 radical (unpaired) electrons. The first-order valence-electron chi connectivity index (χ1n) is 5.33. The Kier molecular flexibility index (Phi) is 3.49. The van der Waals surface area contributed by atoms with Crippen LogP contribution in [0.1, 0.15) is 6.92 Å². The summed E-state index contributed by atoms with van der Waals surface area (Å²) in [5.41, 5.74) is 11.3. The Bertz CT molecular complexity index is 543. The molecule has 1 heterocycles. The van der Waals surface area contributed by atoms with Crippen molar-refractivity contribution in [3.8, 4) is 11.1 Å². The number of rotatable bonds is 3. The van der Waals surface area contributed by atoms with E-state index in [1.54, 1.807) is 5.54 Å². The predicted octanol–water partition coefficient (Wildman–Crippen LogP) is 3.27. The monoisotopic (exact) mass is 247 g/mol. The van der Waals surface area contributed by atoms with Crippen LogP contribution in [0.15, 0.2) is 47.8 Å². The summed E-state index contributed by atoms with van der Waals surface area (Å²) in [5, 5.41) is 4.29. The molecule has 0 aliphatic rings. The maximum absolute atomic E-state index is 5.75. The Morgan fingerprint density at radius 3 is 3.00 bits per heavy atom. The van der Waals surface area contributed by atoms with Gasteiger partial charge >= 0.3 is 0 Å². The van der Waals surface area contributed by atoms with E-state index < -0.39 is 0 Å². The van der Waals surface area contributed by atoms with Gasteiger partial charge in [0.25, 0.3) is 0 Å². The molecule has 0 unspecified atom stereocenters. The molecule has 2 N–H and O–H groups in total. The fraction of sp³-hybridized carbons (Fsp3) is 0.154. The zero-order valence-corrected chi connectivity index (χ0v) is 10.4. The number of nitrogens with zero attached hydrogens (tertiary/aromatic N) is 2. The Balaban J connectivity index is 2.24. The number of hydrogen-bond donors (Lipinski definition) is 1. The van der Waals surface area contributed by atoms with Gasteiger partial charge in [0.2, 0.25) is 0 Å². The molecule has 0 aliphatic carbocycles. The molecule has 1 aromatic heterocycles. The molecule has 4 heteroatoms. The third kappa shape index (κ3) is 2.88. The van der Waals surface area contributed by atoms with E-state index in [0.29, 0.717) is 6.54 Å². The second-order valence-corrected chi connectivity index (χ2v) is 4.23. The molecule has 0 aliphatic heterocycles. The fourth-order valence-electron chi connectivity index (χ4n) is 1.61. The Morgan fingerprint density at radius 2 is 2.29 bits per heavy atom. The normalized spacial score (nSPS) is 11.8. The molecule has 3 nitrogen and oxygen atoms in total. The van der Waals surface area contributed by atoms with E-state index in [1.165, 1.54) is 0 Å². The molecule has 0 fully saturated rings. The van der Waals surface area contributed by atoms with Crippen LogP contribution in [-0.4, -0.2) is 9.78 Å². The highest BCUT2D eigenvalue weighted by Crippen LogP contribution is 2.20. The molecular formula is C13H14ClN3. The van der Waals surface area contributed by atoms with E-state index in [4.69, 9.17) is 17.3 Å². The van der Waals surface area contributed by atoms with Gasteiger partial charge < -0.3 is 5.73 Å². The molecule has 2 aromatic rings. The Morgan fingerprint density at radius 1 is 1.47 bits per heavy atom. The lowest BCUT2D eigenvalue weighted by Crippen LogP contribution is -1.98. The maximum atomic E-state index is 5.75. The van der Waals surface area contributed by atoms with Gasteiger partial charge in [-0.1, -0.05) is 23.7 Å². The minimum Gasteiger partial charge on any atom is -0.399 e. The molecule has 0 atom stereocenters. The number of nitrogen functional groups attached to an aromatic ring is 1. The van der Waals surface area contributed by atoms with Crippen molar-refractivity contribution in [2.45, 2.75) is 13.5 Å². The molecule has 0 bridgehead atoms. The van der Waals surface area contributed by atoms with Crippen LogP contribution in [0.2, 0.25) is 0 Å². The second kappa shape index (κ2) is 5.06. The Labute approximate surface area is 106 Å². The van der Waals surface area contributed by atoms with Crippen LogP contribution in [-0.2, 0) is 6.54 Å². The van der Waals surface area contributed by atoms with E-state index in [2.05, 4.69) is 5.10 Å². The van der Waals surface area contributed by atoms with Gasteiger partial charge in [0.15, 0.2) is 0 Å². The standard InChI is InChI=1S/C13H14ClN3/c1-10(6-14)8-17-9-12(7-16-17)11-3-2-4-13(15)5-11/h2-7,9H,8,15H2,1H3/b10-6-. The first kappa shape index (κ1) is 11.7. The van der Waals surface area contributed by atoms with E-state index in [-0.39, 0.29) is 0 Å². The van der Waals surface area contributed by atoms with Gasteiger partial charge in [-0.2, -0.15) is 5.10 Å². The van der Waals surface area contributed by atoms with Gasteiger partial charge in [-0.3, -0.25) is 4.68 Å². The summed E-state index contributed by atoms with van der Waals surface area (Å²) < 4.78 is 1.85. The van der Waals surface area contributed by atoms with Crippen molar-refractivity contribution in [1.82, 2.24) is 9.78 Å². The minimum absolute atomic E-state index is 0.700. The molecule has 0 saturated heterocycles. The Hall–Kier alpha value is -1.74. The van der Waals surface area contributed by atoms with Crippen LogP contribution >= 0.6 is 11.6 Å². The third-order valence-electron chi connectivity index (χ3n) is 2.45. The molecule has 2 rings (SSSR count). The topological polar surface area (TPSA) is 43.8 Å². The van der Waals surface area contributed by atoms with Crippen LogP contribution < -0.4 is 5.73 Å². The van der Waals surface area contributed by atoms with Crippen molar-refractivity contribution in [3.05, 3.63) is 47.8 Å². The number of halogens is 1. The molecular weight excluding hydrogens is 234 g/mol. The lowest BCUT2D eigenvalue weighted by atomic mass is 10.1. The first-order valence-corrected chi connectivity index (χ1v) is 5.77. The summed E-state index contributed by atoms with van der Waals surface area (Å²) in [6, 6.07) is 7.76. The number of hydrogen-bond acceptors (Lipinski definition) is 2. The van der Waals surface area contributed by atoms with Crippen LogP contribution in [0.5, 0.6) is 0 Å². The smallest absolute Gasteiger partial charge is 0.0628 e. The fourth-order valence-corrected chi connectivity index (χ4v) is 1.68. The second-order valence-electron chi connectivity index (χ2n) is 4.01. The molecule has 88 valence electrons. The van der Waals surface area contributed by atoms with Gasteiger partial charge in [0.05, 0.1) is 12.7 Å². The minimum atomic E-state index is 0.700. The first-order chi connectivity index (χ1) is 8.19. The molecule has 0 amide bonds. The molecule has 0 spiro atoms. The van der Waals surface area contributed by atoms with Gasteiger partial charge in [-0.05, 0) is 30.2 Å². The van der Waals surface area contributed by atoms with Gasteiger partial charge in [-0.25, -0.2) is 0 Å². The van der Waals surface area contributed by atoms with Crippen molar-refractivity contribution in [3.63, 3.8) is 0 Å². The highest BCUT2D eigenvalue weighted by Gasteiger charge is 2.02. The number of aromatic nitrogens is 2. The third-order valence-corrected chi connectivity index (χ3v) is 2.82. The average Bonchev–Trinajstić information content (AvgIpc) is 2.77. The highest BCUT2D eigenvalue weighted by atomic mass is 35.5. The zero-order valence-electron chi connectivity index (χ0n) is 9.60. The lowest BCUT2D eigenvalue weighted by molar-refractivity contribution is 0.678.